The fourth-order valence-corrected chi connectivity index (χ4v) is 1.11. The van der Waals surface area contributed by atoms with Gasteiger partial charge in [-0.3, -0.25) is 0 Å². The first kappa shape index (κ1) is 11.3. The highest BCUT2D eigenvalue weighted by molar-refractivity contribution is 5.75. The number of alkyl halides is 3. The standard InChI is InChI=1S/C7H10F3NO3/c1-13-4-5-2-11(3-5)14-6(12)7(8,9)10/h5H,2-4H2,1H3. The third kappa shape index (κ3) is 2.85. The van der Waals surface area contributed by atoms with Gasteiger partial charge in [0.05, 0.1) is 6.61 Å². The summed E-state index contributed by atoms with van der Waals surface area (Å²) < 4.78 is 39.8. The predicted molar refractivity (Wildman–Crippen MR) is 39.1 cm³/mol. The van der Waals surface area contributed by atoms with E-state index in [9.17, 15) is 18.0 Å². The number of nitrogens with zero attached hydrogens (tertiary/aromatic N) is 1. The number of carbonyl (C=O) groups excluding carboxylic acids is 1. The number of hydroxylamine groups is 2. The zero-order chi connectivity index (χ0) is 10.8. The van der Waals surface area contributed by atoms with Gasteiger partial charge in [-0.05, 0) is 0 Å². The van der Waals surface area contributed by atoms with Crippen LogP contribution in [0.5, 0.6) is 0 Å². The van der Waals surface area contributed by atoms with E-state index in [1.807, 2.05) is 0 Å². The molecule has 0 saturated carbocycles. The molecule has 0 spiro atoms. The molecular weight excluding hydrogens is 203 g/mol. The monoisotopic (exact) mass is 213 g/mol. The van der Waals surface area contributed by atoms with Crippen LogP contribution < -0.4 is 0 Å². The largest absolute Gasteiger partial charge is 0.492 e. The predicted octanol–water partition coefficient (Wildman–Crippen LogP) is 0.585. The lowest BCUT2D eigenvalue weighted by molar-refractivity contribution is -0.260. The van der Waals surface area contributed by atoms with E-state index in [1.165, 1.54) is 7.11 Å². The van der Waals surface area contributed by atoms with Crippen molar-refractivity contribution in [2.75, 3.05) is 26.8 Å². The van der Waals surface area contributed by atoms with Crippen LogP contribution in [0.1, 0.15) is 0 Å². The van der Waals surface area contributed by atoms with Crippen molar-refractivity contribution < 1.29 is 27.5 Å². The Morgan fingerprint density at radius 1 is 1.50 bits per heavy atom. The van der Waals surface area contributed by atoms with Crippen molar-refractivity contribution in [3.8, 4) is 0 Å². The van der Waals surface area contributed by atoms with E-state index in [1.54, 1.807) is 0 Å². The van der Waals surface area contributed by atoms with Gasteiger partial charge in [0.1, 0.15) is 0 Å². The number of methoxy groups -OCH3 is 1. The molecule has 1 aliphatic heterocycles. The lowest BCUT2D eigenvalue weighted by Crippen LogP contribution is -2.50. The Bertz CT molecular complexity index is 213. The first-order valence-electron chi connectivity index (χ1n) is 3.96. The zero-order valence-corrected chi connectivity index (χ0v) is 7.50. The Hall–Kier alpha value is -0.820. The second kappa shape index (κ2) is 4.14. The second-order valence-electron chi connectivity index (χ2n) is 3.04. The van der Waals surface area contributed by atoms with E-state index in [0.29, 0.717) is 6.61 Å². The van der Waals surface area contributed by atoms with Gasteiger partial charge in [-0.25, -0.2) is 4.79 Å². The molecule has 14 heavy (non-hydrogen) atoms. The number of ether oxygens (including phenoxy) is 1. The SMILES string of the molecule is COCC1CN(OC(=O)C(F)(F)F)C1. The maximum absolute atomic E-state index is 11.7. The molecule has 0 N–H and O–H groups in total. The number of hydrogen-bond acceptors (Lipinski definition) is 4. The van der Waals surface area contributed by atoms with Gasteiger partial charge < -0.3 is 9.57 Å². The summed E-state index contributed by atoms with van der Waals surface area (Å²) in [5.41, 5.74) is 0. The first-order chi connectivity index (χ1) is 6.43. The summed E-state index contributed by atoms with van der Waals surface area (Å²) in [7, 11) is 1.50. The van der Waals surface area contributed by atoms with E-state index in [0.717, 1.165) is 5.06 Å². The first-order valence-corrected chi connectivity index (χ1v) is 3.96. The van der Waals surface area contributed by atoms with Crippen LogP contribution in [-0.4, -0.2) is 44.0 Å². The fraction of sp³-hybridized carbons (Fsp3) is 0.857. The summed E-state index contributed by atoms with van der Waals surface area (Å²) in [4.78, 5) is 14.4. The van der Waals surface area contributed by atoms with Crippen molar-refractivity contribution in [2.45, 2.75) is 6.18 Å². The molecule has 0 atom stereocenters. The normalized spacial score (nSPS) is 19.1. The van der Waals surface area contributed by atoms with Crippen LogP contribution in [0.3, 0.4) is 0 Å². The van der Waals surface area contributed by atoms with Gasteiger partial charge in [-0.1, -0.05) is 0 Å². The maximum atomic E-state index is 11.7. The molecule has 0 bridgehead atoms. The number of hydrogen-bond donors (Lipinski definition) is 0. The summed E-state index contributed by atoms with van der Waals surface area (Å²) >= 11 is 0. The minimum absolute atomic E-state index is 0.140. The molecule has 1 saturated heterocycles. The van der Waals surface area contributed by atoms with Gasteiger partial charge in [0.15, 0.2) is 0 Å². The van der Waals surface area contributed by atoms with Crippen LogP contribution in [0.15, 0.2) is 0 Å². The Morgan fingerprint density at radius 3 is 2.50 bits per heavy atom. The molecule has 1 rings (SSSR count). The minimum Gasteiger partial charge on any atom is -0.384 e. The van der Waals surface area contributed by atoms with E-state index in [4.69, 9.17) is 4.74 Å². The van der Waals surface area contributed by atoms with Crippen LogP contribution in [0.4, 0.5) is 13.2 Å². The van der Waals surface area contributed by atoms with Crippen molar-refractivity contribution in [3.05, 3.63) is 0 Å². The average Bonchev–Trinajstić information content (AvgIpc) is 1.98. The third-order valence-corrected chi connectivity index (χ3v) is 1.77. The van der Waals surface area contributed by atoms with E-state index in [2.05, 4.69) is 4.84 Å². The summed E-state index contributed by atoms with van der Waals surface area (Å²) in [6.45, 7) is 1.03. The van der Waals surface area contributed by atoms with Gasteiger partial charge in [0, 0.05) is 26.1 Å². The Labute approximate surface area is 78.5 Å². The minimum atomic E-state index is -4.92. The van der Waals surface area contributed by atoms with Crippen LogP contribution in [0, 0.1) is 5.92 Å². The van der Waals surface area contributed by atoms with Crippen LogP contribution in [-0.2, 0) is 14.4 Å². The van der Waals surface area contributed by atoms with Gasteiger partial charge in [0.25, 0.3) is 0 Å². The molecule has 4 nitrogen and oxygen atoms in total. The molecule has 0 aliphatic carbocycles. The number of carbonyl (C=O) groups is 1. The van der Waals surface area contributed by atoms with Gasteiger partial charge in [0.2, 0.25) is 0 Å². The molecule has 82 valence electrons. The summed E-state index contributed by atoms with van der Waals surface area (Å²) in [5.74, 6) is -2.03. The van der Waals surface area contributed by atoms with Gasteiger partial charge in [-0.2, -0.15) is 13.2 Å². The Balaban J connectivity index is 2.20. The molecule has 0 aromatic heterocycles. The van der Waals surface area contributed by atoms with Crippen molar-refractivity contribution in [1.82, 2.24) is 5.06 Å². The lowest BCUT2D eigenvalue weighted by Gasteiger charge is -2.36. The number of rotatable bonds is 3. The molecule has 1 aliphatic rings. The van der Waals surface area contributed by atoms with Crippen molar-refractivity contribution >= 4 is 5.97 Å². The molecule has 0 unspecified atom stereocenters. The summed E-state index contributed by atoms with van der Waals surface area (Å²) in [5, 5.41) is 0.972. The third-order valence-electron chi connectivity index (χ3n) is 1.77. The van der Waals surface area contributed by atoms with E-state index in [-0.39, 0.29) is 19.0 Å². The maximum Gasteiger partial charge on any atom is 0.492 e. The molecule has 1 heterocycles. The number of halogens is 3. The molecule has 0 radical (unpaired) electrons. The highest BCUT2D eigenvalue weighted by Crippen LogP contribution is 2.21. The highest BCUT2D eigenvalue weighted by atomic mass is 19.4. The van der Waals surface area contributed by atoms with E-state index < -0.39 is 12.1 Å². The van der Waals surface area contributed by atoms with Gasteiger partial charge >= 0.3 is 12.1 Å². The smallest absolute Gasteiger partial charge is 0.384 e. The van der Waals surface area contributed by atoms with Gasteiger partial charge in [-0.15, -0.1) is 5.06 Å². The van der Waals surface area contributed by atoms with Crippen LogP contribution >= 0.6 is 0 Å². The molecular formula is C7H10F3NO3. The Kier molecular flexibility index (Phi) is 3.33. The second-order valence-corrected chi connectivity index (χ2v) is 3.04. The van der Waals surface area contributed by atoms with E-state index >= 15 is 0 Å². The zero-order valence-electron chi connectivity index (χ0n) is 7.50. The Morgan fingerprint density at radius 2 is 2.07 bits per heavy atom. The molecule has 0 aromatic carbocycles. The highest BCUT2D eigenvalue weighted by Gasteiger charge is 2.44. The summed E-state index contributed by atoms with van der Waals surface area (Å²) in [6, 6.07) is 0. The van der Waals surface area contributed by atoms with Crippen molar-refractivity contribution in [1.29, 1.82) is 0 Å². The average molecular weight is 213 g/mol. The molecule has 1 fully saturated rings. The fourth-order valence-electron chi connectivity index (χ4n) is 1.11. The summed E-state index contributed by atoms with van der Waals surface area (Å²) in [6.07, 6.45) is -4.92. The molecule has 7 heteroatoms. The molecule has 0 aromatic rings. The van der Waals surface area contributed by atoms with Crippen molar-refractivity contribution in [3.63, 3.8) is 0 Å². The van der Waals surface area contributed by atoms with Crippen LogP contribution in [0.25, 0.3) is 0 Å². The van der Waals surface area contributed by atoms with Crippen LogP contribution in [0.2, 0.25) is 0 Å². The topological polar surface area (TPSA) is 38.8 Å². The van der Waals surface area contributed by atoms with Crippen molar-refractivity contribution in [2.24, 2.45) is 5.92 Å². The molecule has 0 amide bonds. The lowest BCUT2D eigenvalue weighted by atomic mass is 10.1. The quantitative estimate of drug-likeness (QED) is 0.687.